The third-order valence-electron chi connectivity index (χ3n) is 1.24. The molecule has 0 aromatic carbocycles. The molecule has 0 atom stereocenters. The highest BCUT2D eigenvalue weighted by atomic mass is 32.2. The highest BCUT2D eigenvalue weighted by molar-refractivity contribution is 8.02. The smallest absolute Gasteiger partial charge is 0.261 e. The lowest BCUT2D eigenvalue weighted by atomic mass is 10.2. The first-order valence-electron chi connectivity index (χ1n) is 2.84. The number of carbonyl (C=O) groups excluding carboxylic acids is 1. The molecule has 9 heavy (non-hydrogen) atoms. The van der Waals surface area contributed by atoms with Crippen LogP contribution in [0.2, 0.25) is 0 Å². The summed E-state index contributed by atoms with van der Waals surface area (Å²) in [5.41, 5.74) is 0. The molecular formula is C6H9NOS. The molecule has 0 fully saturated rings. The fraction of sp³-hybridized carbons (Fsp3) is 0.667. The predicted octanol–water partition coefficient (Wildman–Crippen LogP) is 1.11. The Morgan fingerprint density at radius 2 is 2.44 bits per heavy atom. The van der Waals surface area contributed by atoms with Crippen molar-refractivity contribution in [3.63, 3.8) is 0 Å². The summed E-state index contributed by atoms with van der Waals surface area (Å²) in [5.74, 6) is 0.845. The van der Waals surface area contributed by atoms with Gasteiger partial charge >= 0.3 is 0 Å². The molecular weight excluding hydrogens is 134 g/mol. The van der Waals surface area contributed by atoms with Crippen LogP contribution < -0.4 is 0 Å². The molecule has 0 aromatic rings. The second kappa shape index (κ2) is 2.14. The van der Waals surface area contributed by atoms with Gasteiger partial charge in [0, 0.05) is 12.0 Å². The van der Waals surface area contributed by atoms with Gasteiger partial charge in [0.15, 0.2) is 0 Å². The third kappa shape index (κ3) is 1.33. The van der Waals surface area contributed by atoms with Gasteiger partial charge in [0.1, 0.15) is 0 Å². The summed E-state index contributed by atoms with van der Waals surface area (Å²) in [6, 6.07) is 0. The molecule has 0 saturated heterocycles. The maximum absolute atomic E-state index is 10.9. The van der Waals surface area contributed by atoms with Crippen LogP contribution in [0.1, 0.15) is 13.8 Å². The van der Waals surface area contributed by atoms with Gasteiger partial charge in [0.05, 0.1) is 4.75 Å². The van der Waals surface area contributed by atoms with E-state index in [0.29, 0.717) is 0 Å². The largest absolute Gasteiger partial charge is 0.271 e. The maximum atomic E-state index is 10.9. The zero-order chi connectivity index (χ0) is 6.91. The average molecular weight is 143 g/mol. The van der Waals surface area contributed by atoms with E-state index in [1.807, 2.05) is 13.8 Å². The van der Waals surface area contributed by atoms with Crippen LogP contribution in [0.25, 0.3) is 0 Å². The van der Waals surface area contributed by atoms with Crippen molar-refractivity contribution < 1.29 is 4.79 Å². The fourth-order valence-electron chi connectivity index (χ4n) is 0.583. The van der Waals surface area contributed by atoms with Crippen LogP contribution in [-0.4, -0.2) is 22.6 Å². The van der Waals surface area contributed by atoms with E-state index in [-0.39, 0.29) is 10.7 Å². The van der Waals surface area contributed by atoms with Gasteiger partial charge < -0.3 is 0 Å². The Kier molecular flexibility index (Phi) is 1.62. The molecule has 0 radical (unpaired) electrons. The number of thioether (sulfide) groups is 1. The van der Waals surface area contributed by atoms with E-state index >= 15 is 0 Å². The molecule has 1 heterocycles. The monoisotopic (exact) mass is 143 g/mol. The molecule has 3 heteroatoms. The zero-order valence-electron chi connectivity index (χ0n) is 5.55. The molecule has 0 unspecified atom stereocenters. The van der Waals surface area contributed by atoms with Gasteiger partial charge in [-0.15, -0.1) is 11.8 Å². The standard InChI is InChI=1S/C6H9NOS/c1-6(2)5(8)7-3-4-9-6/h3H,4H2,1-2H3. The van der Waals surface area contributed by atoms with Crippen molar-refractivity contribution in [3.05, 3.63) is 0 Å². The molecule has 0 bridgehead atoms. The van der Waals surface area contributed by atoms with Crippen LogP contribution in [0.4, 0.5) is 0 Å². The Bertz CT molecular complexity index is 162. The molecule has 0 saturated carbocycles. The molecule has 0 aliphatic carbocycles. The molecule has 0 spiro atoms. The van der Waals surface area contributed by atoms with Gasteiger partial charge in [-0.25, -0.2) is 4.99 Å². The summed E-state index contributed by atoms with van der Waals surface area (Å²) in [4.78, 5) is 14.6. The Hall–Kier alpha value is -0.310. The first-order valence-corrected chi connectivity index (χ1v) is 3.82. The minimum atomic E-state index is -0.283. The Labute approximate surface area is 58.7 Å². The normalized spacial score (nSPS) is 24.4. The molecule has 50 valence electrons. The molecule has 1 aliphatic heterocycles. The van der Waals surface area contributed by atoms with Crippen molar-refractivity contribution in [3.8, 4) is 0 Å². The SMILES string of the molecule is CC1(C)SCC=NC1=O. The van der Waals surface area contributed by atoms with E-state index in [9.17, 15) is 4.79 Å². The lowest BCUT2D eigenvalue weighted by Crippen LogP contribution is -2.29. The summed E-state index contributed by atoms with van der Waals surface area (Å²) >= 11 is 1.63. The average Bonchev–Trinajstić information content (AvgIpc) is 1.77. The number of rotatable bonds is 0. The van der Waals surface area contributed by atoms with Crippen molar-refractivity contribution in [1.29, 1.82) is 0 Å². The molecule has 0 aromatic heterocycles. The van der Waals surface area contributed by atoms with Gasteiger partial charge in [-0.05, 0) is 13.8 Å². The zero-order valence-corrected chi connectivity index (χ0v) is 6.36. The van der Waals surface area contributed by atoms with Crippen molar-refractivity contribution in [2.24, 2.45) is 4.99 Å². The summed E-state index contributed by atoms with van der Waals surface area (Å²) < 4.78 is -0.283. The first-order chi connectivity index (χ1) is 4.13. The van der Waals surface area contributed by atoms with Gasteiger partial charge in [-0.2, -0.15) is 0 Å². The number of amides is 1. The molecule has 2 nitrogen and oxygen atoms in total. The number of hydrogen-bond acceptors (Lipinski definition) is 2. The summed E-state index contributed by atoms with van der Waals surface area (Å²) in [5, 5.41) is 0. The van der Waals surface area contributed by atoms with Crippen LogP contribution in [0.15, 0.2) is 4.99 Å². The second-order valence-corrected chi connectivity index (χ2v) is 4.08. The lowest BCUT2D eigenvalue weighted by Gasteiger charge is -2.21. The Morgan fingerprint density at radius 3 is 2.78 bits per heavy atom. The van der Waals surface area contributed by atoms with Crippen LogP contribution in [0, 0.1) is 0 Å². The number of aliphatic imine (C=N–C) groups is 1. The van der Waals surface area contributed by atoms with E-state index in [1.54, 1.807) is 18.0 Å². The maximum Gasteiger partial charge on any atom is 0.261 e. The predicted molar refractivity (Wildman–Crippen MR) is 40.0 cm³/mol. The van der Waals surface area contributed by atoms with Crippen molar-refractivity contribution in [2.75, 3.05) is 5.75 Å². The van der Waals surface area contributed by atoms with Crippen LogP contribution in [-0.2, 0) is 4.79 Å². The van der Waals surface area contributed by atoms with E-state index in [1.165, 1.54) is 0 Å². The van der Waals surface area contributed by atoms with Gasteiger partial charge in [-0.3, -0.25) is 4.79 Å². The number of hydrogen-bond donors (Lipinski definition) is 0. The Balaban J connectivity index is 2.78. The van der Waals surface area contributed by atoms with Crippen molar-refractivity contribution in [1.82, 2.24) is 0 Å². The molecule has 0 N–H and O–H groups in total. The Morgan fingerprint density at radius 1 is 1.78 bits per heavy atom. The summed E-state index contributed by atoms with van der Waals surface area (Å²) in [7, 11) is 0. The third-order valence-corrected chi connectivity index (χ3v) is 2.45. The summed E-state index contributed by atoms with van der Waals surface area (Å²) in [6.07, 6.45) is 1.66. The van der Waals surface area contributed by atoms with Gasteiger partial charge in [0.2, 0.25) is 0 Å². The van der Waals surface area contributed by atoms with Crippen molar-refractivity contribution in [2.45, 2.75) is 18.6 Å². The highest BCUT2D eigenvalue weighted by Crippen LogP contribution is 2.27. The highest BCUT2D eigenvalue weighted by Gasteiger charge is 2.29. The van der Waals surface area contributed by atoms with E-state index in [4.69, 9.17) is 0 Å². The topological polar surface area (TPSA) is 29.4 Å². The van der Waals surface area contributed by atoms with E-state index in [2.05, 4.69) is 4.99 Å². The number of carbonyl (C=O) groups is 1. The molecule has 1 rings (SSSR count). The molecule has 1 amide bonds. The second-order valence-electron chi connectivity index (χ2n) is 2.44. The van der Waals surface area contributed by atoms with Gasteiger partial charge in [-0.1, -0.05) is 0 Å². The molecule has 1 aliphatic rings. The van der Waals surface area contributed by atoms with E-state index in [0.717, 1.165) is 5.75 Å². The minimum Gasteiger partial charge on any atom is -0.271 e. The van der Waals surface area contributed by atoms with Crippen LogP contribution >= 0.6 is 11.8 Å². The van der Waals surface area contributed by atoms with Gasteiger partial charge in [0.25, 0.3) is 5.91 Å². The lowest BCUT2D eigenvalue weighted by molar-refractivity contribution is -0.119. The minimum absolute atomic E-state index is 0.0150. The summed E-state index contributed by atoms with van der Waals surface area (Å²) in [6.45, 7) is 3.80. The quantitative estimate of drug-likeness (QED) is 0.508. The number of nitrogens with zero attached hydrogens (tertiary/aromatic N) is 1. The fourth-order valence-corrected chi connectivity index (χ4v) is 1.32. The van der Waals surface area contributed by atoms with E-state index < -0.39 is 0 Å². The first kappa shape index (κ1) is 6.81. The van der Waals surface area contributed by atoms with Crippen molar-refractivity contribution >= 4 is 23.9 Å². The van der Waals surface area contributed by atoms with Crippen LogP contribution in [0.3, 0.4) is 0 Å². The van der Waals surface area contributed by atoms with Crippen LogP contribution in [0.5, 0.6) is 0 Å².